The number of hydrogen-bond acceptors (Lipinski definition) is 9. The number of phenols is 2. The van der Waals surface area contributed by atoms with Crippen molar-refractivity contribution in [3.63, 3.8) is 0 Å². The fourth-order valence-corrected chi connectivity index (χ4v) is 34.2. The van der Waals surface area contributed by atoms with Crippen LogP contribution in [-0.2, 0) is 59.2 Å². The fraction of sp³-hybridized carbons (Fsp3) is 0.293. The quantitative estimate of drug-likeness (QED) is 0.0792. The zero-order valence-electron chi connectivity index (χ0n) is 54.8. The van der Waals surface area contributed by atoms with E-state index in [1.54, 1.807) is 9.79 Å². The first-order chi connectivity index (χ1) is 47.5. The molecule has 5 heterocycles. The highest BCUT2D eigenvalue weighted by Gasteiger charge is 2.33. The van der Waals surface area contributed by atoms with Crippen molar-refractivity contribution >= 4 is 189 Å². The molecule has 0 bridgehead atoms. The van der Waals surface area contributed by atoms with Crippen LogP contribution in [0, 0.1) is 0 Å². The molecule has 0 radical (unpaired) electrons. The van der Waals surface area contributed by atoms with Crippen LogP contribution in [0.4, 0.5) is 0 Å². The van der Waals surface area contributed by atoms with Gasteiger partial charge in [-0.05, 0) is 107 Å². The molecule has 494 valence electrons. The SMILES string of the molecule is CCOCCOc1ccc([S+]2CCSCC2)c2ccccc12.Oc1c2ccccc2c([S+]2CCSCC2)c2ccccc12.Oc1ccc([S+]2CCSCC2)c2ccccc12.c1ccc2c([S+]3CCSCC3)c3ccccc3cc2c1.c1ccc2cc([S+]3CCSCC3)ccc2c1. The number of thioether (sulfide) groups is 5. The number of phenolic OH excluding ortho intramolecular Hbond substituents is 2. The minimum Gasteiger partial charge on any atom is -0.507 e. The summed E-state index contributed by atoms with van der Waals surface area (Å²) in [5, 5.41) is 38.3. The Morgan fingerprint density at radius 1 is 0.312 bits per heavy atom. The number of benzene rings is 12. The summed E-state index contributed by atoms with van der Waals surface area (Å²) >= 11 is 10.4. The third kappa shape index (κ3) is 17.2. The van der Waals surface area contributed by atoms with Gasteiger partial charge in [-0.25, -0.2) is 0 Å². The zero-order valence-corrected chi connectivity index (χ0v) is 63.0. The Bertz CT molecular complexity index is 4410. The van der Waals surface area contributed by atoms with Crippen LogP contribution < -0.4 is 4.74 Å². The van der Waals surface area contributed by atoms with Gasteiger partial charge in [0.25, 0.3) is 0 Å². The second-order valence-corrected chi connectivity index (χ2v) is 41.1. The maximum absolute atomic E-state index is 10.6. The number of fused-ring (bicyclic) bond motifs is 7. The van der Waals surface area contributed by atoms with Gasteiger partial charge in [0.1, 0.15) is 81.4 Å². The highest BCUT2D eigenvalue weighted by molar-refractivity contribution is 8.07. The lowest BCUT2D eigenvalue weighted by molar-refractivity contribution is 0.111. The standard InChI is InChI=1S/C18H23O2S2.C18H16OS2.C18H17S2.C14H14OS2.C14H15S2/c1-2-19-9-10-20-17-7-8-18(22-13-11-21-12-14-22)16-6-4-3-5-15(16)17;19-17-13-5-1-3-7-15(13)18(21-11-9-20-10-12-21)16-8-4-2-6-14(16)17;1-3-7-16-14(5-1)13-15-6-2-4-8-17(15)18(16)20-11-9-19-10-12-20;15-13-5-6-14(17-9-7-16-8-10-17)12-4-2-1-3-11(12)13;1-2-4-13-11-14(6-5-12(13)3-1)16-9-7-15-8-10-16/h3-8H,2,9-14H2,1H3;1-8H,9-12H2;1-8,13H,9-12H2;1-6H,7-10H2;1-6,11H,7-10H2/q+1;;+1;;+1/p+2. The number of hydrogen-bond donors (Lipinski definition) is 2. The topological polar surface area (TPSA) is 58.9 Å². The number of aromatic hydroxyl groups is 2. The molecule has 5 aliphatic heterocycles. The van der Waals surface area contributed by atoms with E-state index in [2.05, 4.69) is 235 Å². The van der Waals surface area contributed by atoms with Crippen LogP contribution in [0.1, 0.15) is 6.92 Å². The second kappa shape index (κ2) is 35.6. The lowest BCUT2D eigenvalue weighted by atomic mass is 10.0. The summed E-state index contributed by atoms with van der Waals surface area (Å²) < 4.78 is 11.3. The molecule has 0 aliphatic carbocycles. The molecule has 17 rings (SSSR count). The van der Waals surface area contributed by atoms with Crippen molar-refractivity contribution in [2.24, 2.45) is 0 Å². The van der Waals surface area contributed by atoms with Gasteiger partial charge in [0.05, 0.1) is 6.61 Å². The van der Waals surface area contributed by atoms with Crippen LogP contribution >= 0.6 is 58.8 Å². The molecule has 0 aromatic heterocycles. The van der Waals surface area contributed by atoms with Crippen LogP contribution in [0.2, 0.25) is 0 Å². The van der Waals surface area contributed by atoms with Gasteiger partial charge in [-0.3, -0.25) is 0 Å². The molecule has 12 aromatic rings. The van der Waals surface area contributed by atoms with Crippen molar-refractivity contribution in [3.05, 3.63) is 218 Å². The van der Waals surface area contributed by atoms with Crippen LogP contribution in [-0.4, -0.2) is 145 Å². The summed E-state index contributed by atoms with van der Waals surface area (Å²) in [6, 6.07) is 77.7. The van der Waals surface area contributed by atoms with Crippen LogP contribution in [0.5, 0.6) is 17.2 Å². The van der Waals surface area contributed by atoms with Crippen molar-refractivity contribution in [1.29, 1.82) is 0 Å². The van der Waals surface area contributed by atoms with Crippen molar-refractivity contribution in [3.8, 4) is 17.2 Å². The van der Waals surface area contributed by atoms with Gasteiger partial charge in [-0.2, -0.15) is 58.8 Å². The van der Waals surface area contributed by atoms with Crippen LogP contribution in [0.15, 0.2) is 243 Å². The first kappa shape index (κ1) is 69.8. The van der Waals surface area contributed by atoms with E-state index in [4.69, 9.17) is 9.47 Å². The van der Waals surface area contributed by atoms with Crippen molar-refractivity contribution in [1.82, 2.24) is 0 Å². The summed E-state index contributed by atoms with van der Waals surface area (Å²) in [5.41, 5.74) is 0. The van der Waals surface area contributed by atoms with E-state index in [0.29, 0.717) is 79.2 Å². The third-order valence-electron chi connectivity index (χ3n) is 18.0. The van der Waals surface area contributed by atoms with Gasteiger partial charge >= 0.3 is 0 Å². The normalized spacial score (nSPS) is 16.8. The van der Waals surface area contributed by atoms with Gasteiger partial charge in [0.15, 0.2) is 24.5 Å². The number of rotatable bonds is 10. The van der Waals surface area contributed by atoms with Crippen molar-refractivity contribution in [2.45, 2.75) is 31.4 Å². The molecule has 5 aliphatic rings. The molecule has 2 N–H and O–H groups in total. The van der Waals surface area contributed by atoms with E-state index in [-0.39, 0.29) is 0 Å². The molecule has 4 nitrogen and oxygen atoms in total. The molecule has 5 saturated heterocycles. The highest BCUT2D eigenvalue weighted by atomic mass is 32.2. The van der Waals surface area contributed by atoms with Gasteiger partial charge < -0.3 is 19.7 Å². The van der Waals surface area contributed by atoms with Gasteiger partial charge in [0.2, 0.25) is 0 Å². The molecule has 0 atom stereocenters. The average Bonchev–Trinajstić information content (AvgIpc) is 0.775. The van der Waals surface area contributed by atoms with Crippen molar-refractivity contribution < 1.29 is 19.7 Å². The summed E-state index contributed by atoms with van der Waals surface area (Å²) in [6.07, 6.45) is 0. The van der Waals surface area contributed by atoms with E-state index < -0.39 is 0 Å². The number of ether oxygens (including phenoxy) is 2. The third-order valence-corrected chi connectivity index (χ3v) is 37.4. The van der Waals surface area contributed by atoms with E-state index in [0.717, 1.165) is 28.5 Å². The summed E-state index contributed by atoms with van der Waals surface area (Å²) in [6.45, 7) is 4.01. The van der Waals surface area contributed by atoms with E-state index in [1.165, 1.54) is 189 Å². The average molecular weight is 1460 g/mol. The molecule has 96 heavy (non-hydrogen) atoms. The highest BCUT2D eigenvalue weighted by Crippen LogP contribution is 2.43. The van der Waals surface area contributed by atoms with Gasteiger partial charge in [-0.15, -0.1) is 0 Å². The molecule has 0 saturated carbocycles. The largest absolute Gasteiger partial charge is 0.507 e. The Kier molecular flexibility index (Phi) is 25.9. The van der Waals surface area contributed by atoms with Crippen LogP contribution in [0.3, 0.4) is 0 Å². The molecular formula is C82H87O4S10+5. The van der Waals surface area contributed by atoms with Gasteiger partial charge in [0, 0.05) is 179 Å². The summed E-state index contributed by atoms with van der Waals surface area (Å²) in [4.78, 5) is 7.63. The molecule has 14 heteroatoms. The van der Waals surface area contributed by atoms with E-state index in [9.17, 15) is 10.2 Å². The molecule has 0 unspecified atom stereocenters. The minimum absolute atomic E-state index is 0.303. The Labute approximate surface area is 604 Å². The minimum atomic E-state index is 0.303. The lowest BCUT2D eigenvalue weighted by Gasteiger charge is -2.17. The Hall–Kier alpha value is -4.68. The molecule has 5 fully saturated rings. The molecule has 0 amide bonds. The first-order valence-corrected chi connectivity index (χ1v) is 47.3. The zero-order chi connectivity index (χ0) is 65.3. The maximum Gasteiger partial charge on any atom is 0.170 e. The monoisotopic (exact) mass is 1460 g/mol. The predicted octanol–water partition coefficient (Wildman–Crippen LogP) is 20.0. The molecular weight excluding hydrogens is 1370 g/mol. The fourth-order valence-electron chi connectivity index (χ4n) is 13.2. The first-order valence-electron chi connectivity index (χ1n) is 33.7. The van der Waals surface area contributed by atoms with Gasteiger partial charge in [-0.1, -0.05) is 133 Å². The van der Waals surface area contributed by atoms with Crippen LogP contribution in [0.25, 0.3) is 75.4 Å². The predicted molar refractivity (Wildman–Crippen MR) is 444 cm³/mol. The van der Waals surface area contributed by atoms with E-state index in [1.807, 2.05) is 49.4 Å². The second-order valence-electron chi connectivity index (χ2n) is 23.8. The Morgan fingerprint density at radius 2 is 0.688 bits per heavy atom. The summed E-state index contributed by atoms with van der Waals surface area (Å²) in [7, 11) is 2.02. The Balaban J connectivity index is 0.000000109. The van der Waals surface area contributed by atoms with Crippen molar-refractivity contribution in [2.75, 3.05) is 135 Å². The molecule has 0 spiro atoms. The van der Waals surface area contributed by atoms with E-state index >= 15 is 0 Å². The smallest absolute Gasteiger partial charge is 0.170 e. The Morgan fingerprint density at radius 3 is 1.19 bits per heavy atom. The lowest BCUT2D eigenvalue weighted by Crippen LogP contribution is -2.21. The molecule has 12 aromatic carbocycles. The maximum atomic E-state index is 10.6. The summed E-state index contributed by atoms with van der Waals surface area (Å²) in [5.74, 6) is 28.0.